The Kier molecular flexibility index (Phi) is 8.82. The summed E-state index contributed by atoms with van der Waals surface area (Å²) in [7, 11) is 0. The Morgan fingerprint density at radius 1 is 1.29 bits per heavy atom. The van der Waals surface area contributed by atoms with Gasteiger partial charge in [0.15, 0.2) is 0 Å². The van der Waals surface area contributed by atoms with Gasteiger partial charge >= 0.3 is 5.97 Å². The second-order valence-electron chi connectivity index (χ2n) is 7.69. The van der Waals surface area contributed by atoms with Crippen LogP contribution >= 0.6 is 0 Å². The number of hydrogen-bond donors (Lipinski definition) is 4. The van der Waals surface area contributed by atoms with E-state index >= 15 is 0 Å². The molecule has 3 rings (SSSR count). The molecule has 5 N–H and O–H groups in total. The highest BCUT2D eigenvalue weighted by molar-refractivity contribution is 5.94. The van der Waals surface area contributed by atoms with E-state index in [1.54, 1.807) is 12.1 Å². The number of benzene rings is 1. The molecule has 12 heteroatoms. The molecule has 0 radical (unpaired) electrons. The molecule has 0 spiro atoms. The van der Waals surface area contributed by atoms with Gasteiger partial charge in [0, 0.05) is 55.0 Å². The lowest BCUT2D eigenvalue weighted by Crippen LogP contribution is -2.35. The third-order valence-electron chi connectivity index (χ3n) is 5.05. The number of aliphatic hydroxyl groups excluding tert-OH is 2. The van der Waals surface area contributed by atoms with Gasteiger partial charge in [-0.05, 0) is 0 Å². The summed E-state index contributed by atoms with van der Waals surface area (Å²) in [5.74, 6) is -1.05. The normalized spacial score (nSPS) is 14.4. The number of esters is 1. The number of halogens is 1. The van der Waals surface area contributed by atoms with Crippen LogP contribution in [0.15, 0.2) is 35.7 Å². The number of oxime groups is 1. The number of amidine groups is 1. The van der Waals surface area contributed by atoms with Gasteiger partial charge in [-0.15, -0.1) is 0 Å². The van der Waals surface area contributed by atoms with Crippen molar-refractivity contribution >= 4 is 23.5 Å². The van der Waals surface area contributed by atoms with Gasteiger partial charge in [0.05, 0.1) is 12.3 Å². The molecule has 1 fully saturated rings. The third kappa shape index (κ3) is 6.93. The summed E-state index contributed by atoms with van der Waals surface area (Å²) in [4.78, 5) is 27.3. The van der Waals surface area contributed by atoms with Crippen molar-refractivity contribution in [3.8, 4) is 11.1 Å². The number of nitrogens with one attached hydrogen (secondary N) is 1. The first kappa shape index (κ1) is 25.0. The van der Waals surface area contributed by atoms with Gasteiger partial charge in [-0.1, -0.05) is 23.4 Å². The molecule has 182 valence electrons. The maximum absolute atomic E-state index is 15.0. The molecule has 1 aromatic heterocycles. The van der Waals surface area contributed by atoms with Crippen LogP contribution in [-0.2, 0) is 21.0 Å². The molecule has 0 aliphatic carbocycles. The highest BCUT2D eigenvalue weighted by atomic mass is 19.1. The van der Waals surface area contributed by atoms with Crippen molar-refractivity contribution in [3.05, 3.63) is 42.0 Å². The third-order valence-corrected chi connectivity index (χ3v) is 5.05. The van der Waals surface area contributed by atoms with E-state index in [4.69, 9.17) is 25.8 Å². The number of hydrogen-bond acceptors (Lipinski definition) is 10. The van der Waals surface area contributed by atoms with Crippen LogP contribution in [0.1, 0.15) is 24.8 Å². The molecular formula is C22H27FN6O5. The molecule has 1 aliphatic rings. The van der Waals surface area contributed by atoms with Crippen LogP contribution in [0.4, 0.5) is 10.3 Å². The largest absolute Gasteiger partial charge is 0.460 e. The van der Waals surface area contributed by atoms with Crippen molar-refractivity contribution in [3.63, 3.8) is 0 Å². The minimum absolute atomic E-state index is 0.0626. The molecule has 11 nitrogen and oxygen atoms in total. The van der Waals surface area contributed by atoms with E-state index < -0.39 is 17.9 Å². The fraction of sp³-hybridized carbons (Fsp3) is 0.409. The Balaban J connectivity index is 1.59. The Morgan fingerprint density at radius 3 is 2.65 bits per heavy atom. The zero-order chi connectivity index (χ0) is 24.5. The van der Waals surface area contributed by atoms with Crippen LogP contribution in [0.25, 0.3) is 11.1 Å². The number of rotatable bonds is 10. The van der Waals surface area contributed by atoms with Gasteiger partial charge in [-0.3, -0.25) is 10.2 Å². The first-order valence-electron chi connectivity index (χ1n) is 10.7. The molecule has 0 saturated carbocycles. The van der Waals surface area contributed by atoms with Crippen LogP contribution < -0.4 is 10.6 Å². The van der Waals surface area contributed by atoms with Crippen molar-refractivity contribution in [2.45, 2.75) is 32.0 Å². The van der Waals surface area contributed by atoms with E-state index in [1.807, 2.05) is 4.90 Å². The Morgan fingerprint density at radius 2 is 2.00 bits per heavy atom. The number of carbonyl (C=O) groups excluding carboxylic acids is 1. The maximum atomic E-state index is 15.0. The molecule has 34 heavy (non-hydrogen) atoms. The molecule has 2 heterocycles. The van der Waals surface area contributed by atoms with Crippen LogP contribution in [0.2, 0.25) is 0 Å². The lowest BCUT2D eigenvalue weighted by atomic mass is 10.0. The van der Waals surface area contributed by atoms with Crippen LogP contribution in [-0.4, -0.2) is 70.1 Å². The molecule has 0 bridgehead atoms. The lowest BCUT2D eigenvalue weighted by Gasteiger charge is -2.27. The van der Waals surface area contributed by atoms with Gasteiger partial charge < -0.3 is 30.4 Å². The number of aliphatic hydroxyl groups is 2. The van der Waals surface area contributed by atoms with Crippen LogP contribution in [0, 0.1) is 11.2 Å². The standard InChI is InChI=1S/C22H27FN6O5/c23-21-14(12-33-20(32)8-19(24)25)2-1-3-18(21)15-9-26-22(27-10-15)29-6-4-16(5-7-29)28-34-13-17(31)11-30/h1-3,9-10,17,30-31H,4-8,11-13H2,(H3,24,25). The predicted molar refractivity (Wildman–Crippen MR) is 122 cm³/mol. The summed E-state index contributed by atoms with van der Waals surface area (Å²) in [6, 6.07) is 4.75. The summed E-state index contributed by atoms with van der Waals surface area (Å²) in [6.07, 6.45) is 3.05. The molecule has 1 saturated heterocycles. The van der Waals surface area contributed by atoms with E-state index in [1.165, 1.54) is 18.5 Å². The van der Waals surface area contributed by atoms with Crippen LogP contribution in [0.5, 0.6) is 0 Å². The van der Waals surface area contributed by atoms with E-state index in [0.29, 0.717) is 37.4 Å². The first-order valence-corrected chi connectivity index (χ1v) is 10.7. The van der Waals surface area contributed by atoms with Crippen molar-refractivity contribution in [2.75, 3.05) is 31.2 Å². The molecule has 1 aromatic carbocycles. The van der Waals surface area contributed by atoms with Crippen LogP contribution in [0.3, 0.4) is 0 Å². The van der Waals surface area contributed by atoms with Gasteiger partial charge in [-0.25, -0.2) is 14.4 Å². The number of nitrogens with zero attached hydrogens (tertiary/aromatic N) is 4. The van der Waals surface area contributed by atoms with E-state index in [9.17, 15) is 14.3 Å². The number of anilines is 1. The highest BCUT2D eigenvalue weighted by Gasteiger charge is 2.19. The number of nitrogens with two attached hydrogens (primary N) is 1. The second kappa shape index (κ2) is 12.0. The Bertz CT molecular complexity index is 1020. The smallest absolute Gasteiger partial charge is 0.313 e. The molecule has 1 atom stereocenters. The van der Waals surface area contributed by atoms with E-state index in [-0.39, 0.29) is 43.2 Å². The Labute approximate surface area is 195 Å². The first-order chi connectivity index (χ1) is 16.4. The minimum atomic E-state index is -0.955. The van der Waals surface area contributed by atoms with Crippen molar-refractivity contribution < 1.29 is 29.0 Å². The Hall–Kier alpha value is -3.64. The number of piperidine rings is 1. The van der Waals surface area contributed by atoms with Crippen molar-refractivity contribution in [1.29, 1.82) is 5.41 Å². The average molecular weight is 474 g/mol. The van der Waals surface area contributed by atoms with Gasteiger partial charge in [0.25, 0.3) is 0 Å². The molecular weight excluding hydrogens is 447 g/mol. The zero-order valence-electron chi connectivity index (χ0n) is 18.5. The molecule has 1 unspecified atom stereocenters. The van der Waals surface area contributed by atoms with Gasteiger partial charge in [-0.2, -0.15) is 0 Å². The second-order valence-corrected chi connectivity index (χ2v) is 7.69. The SMILES string of the molecule is N=C(N)CC(=O)OCc1cccc(-c2cnc(N3CCC(=NOCC(O)CO)CC3)nc2)c1F. The zero-order valence-corrected chi connectivity index (χ0v) is 18.5. The molecule has 2 aromatic rings. The maximum Gasteiger partial charge on any atom is 0.313 e. The summed E-state index contributed by atoms with van der Waals surface area (Å²) >= 11 is 0. The van der Waals surface area contributed by atoms with Crippen molar-refractivity contribution in [1.82, 2.24) is 9.97 Å². The van der Waals surface area contributed by atoms with Gasteiger partial charge in [0.1, 0.15) is 37.4 Å². The van der Waals surface area contributed by atoms with E-state index in [2.05, 4.69) is 15.1 Å². The number of aromatic nitrogens is 2. The topological polar surface area (TPSA) is 167 Å². The summed E-state index contributed by atoms with van der Waals surface area (Å²) in [6.45, 7) is 0.534. The summed E-state index contributed by atoms with van der Waals surface area (Å²) < 4.78 is 19.9. The minimum Gasteiger partial charge on any atom is -0.460 e. The van der Waals surface area contributed by atoms with Gasteiger partial charge in [0.2, 0.25) is 5.95 Å². The fourth-order valence-corrected chi connectivity index (χ4v) is 3.23. The predicted octanol–water partition coefficient (Wildman–Crippen LogP) is 0.978. The quantitative estimate of drug-likeness (QED) is 0.170. The molecule has 0 amide bonds. The monoisotopic (exact) mass is 474 g/mol. The highest BCUT2D eigenvalue weighted by Crippen LogP contribution is 2.26. The summed E-state index contributed by atoms with van der Waals surface area (Å²) in [5, 5.41) is 29.1. The number of ether oxygens (including phenoxy) is 1. The summed E-state index contributed by atoms with van der Waals surface area (Å²) in [5.41, 5.74) is 6.96. The van der Waals surface area contributed by atoms with E-state index in [0.717, 1.165) is 5.71 Å². The fourth-order valence-electron chi connectivity index (χ4n) is 3.23. The molecule has 1 aliphatic heterocycles. The van der Waals surface area contributed by atoms with Crippen molar-refractivity contribution in [2.24, 2.45) is 10.9 Å². The lowest BCUT2D eigenvalue weighted by molar-refractivity contribution is -0.143. The number of carbonyl (C=O) groups is 1. The average Bonchev–Trinajstić information content (AvgIpc) is 2.83.